The molecule has 3 nitrogen and oxygen atoms in total. The van der Waals surface area contributed by atoms with Crippen molar-refractivity contribution in [1.82, 2.24) is 10.3 Å². The minimum absolute atomic E-state index is 0.287. The van der Waals surface area contributed by atoms with E-state index in [-0.39, 0.29) is 6.04 Å². The molecule has 1 unspecified atom stereocenters. The van der Waals surface area contributed by atoms with E-state index in [1.54, 1.807) is 17.5 Å². The van der Waals surface area contributed by atoms with Crippen LogP contribution in [-0.4, -0.2) is 4.98 Å². The third kappa shape index (κ3) is 2.59. The van der Waals surface area contributed by atoms with E-state index < -0.39 is 0 Å². The summed E-state index contributed by atoms with van der Waals surface area (Å²) >= 11 is 1.68. The summed E-state index contributed by atoms with van der Waals surface area (Å²) in [6.07, 6.45) is 3.67. The van der Waals surface area contributed by atoms with Crippen LogP contribution in [-0.2, 0) is 6.54 Å². The molecule has 0 aromatic carbocycles. The fourth-order valence-electron chi connectivity index (χ4n) is 1.49. The number of hydrogen-bond acceptors (Lipinski definition) is 4. The molecule has 4 heteroatoms. The largest absolute Gasteiger partial charge is 0.398 e. The van der Waals surface area contributed by atoms with Gasteiger partial charge in [-0.05, 0) is 30.0 Å². The molecule has 0 radical (unpaired) electrons. The number of aromatic nitrogens is 1. The molecule has 16 heavy (non-hydrogen) atoms. The van der Waals surface area contributed by atoms with Gasteiger partial charge in [0.1, 0.15) is 0 Å². The molecule has 2 aromatic rings. The Bertz CT molecular complexity index is 439. The zero-order valence-corrected chi connectivity index (χ0v) is 10.00. The van der Waals surface area contributed by atoms with Gasteiger partial charge >= 0.3 is 0 Å². The van der Waals surface area contributed by atoms with E-state index in [2.05, 4.69) is 23.3 Å². The number of nitrogens with two attached hydrogens (primary N) is 1. The van der Waals surface area contributed by atoms with Gasteiger partial charge in [-0.15, -0.1) is 11.3 Å². The van der Waals surface area contributed by atoms with Crippen molar-refractivity contribution in [3.63, 3.8) is 0 Å². The minimum Gasteiger partial charge on any atom is -0.398 e. The molecule has 0 spiro atoms. The Balaban J connectivity index is 1.94. The Labute approximate surface area is 99.3 Å². The van der Waals surface area contributed by atoms with Gasteiger partial charge in [0.2, 0.25) is 0 Å². The number of rotatable bonds is 4. The Morgan fingerprint density at radius 3 is 3.00 bits per heavy atom. The summed E-state index contributed by atoms with van der Waals surface area (Å²) in [5.74, 6) is 0. The van der Waals surface area contributed by atoms with Crippen molar-refractivity contribution in [2.75, 3.05) is 5.73 Å². The summed E-state index contributed by atoms with van der Waals surface area (Å²) < 4.78 is 0. The summed E-state index contributed by atoms with van der Waals surface area (Å²) in [5.41, 5.74) is 7.89. The van der Waals surface area contributed by atoms with Crippen molar-refractivity contribution in [2.45, 2.75) is 19.5 Å². The monoisotopic (exact) mass is 233 g/mol. The van der Waals surface area contributed by atoms with Crippen LogP contribution < -0.4 is 11.1 Å². The maximum atomic E-state index is 5.82. The molecule has 0 saturated heterocycles. The number of hydrogen-bond donors (Lipinski definition) is 2. The third-order valence-electron chi connectivity index (χ3n) is 2.53. The number of anilines is 1. The van der Waals surface area contributed by atoms with Gasteiger partial charge in [0, 0.05) is 35.5 Å². The smallest absolute Gasteiger partial charge is 0.0468 e. The second kappa shape index (κ2) is 5.09. The van der Waals surface area contributed by atoms with Crippen LogP contribution in [0, 0.1) is 0 Å². The number of nitrogens with one attached hydrogen (secondary N) is 1. The van der Waals surface area contributed by atoms with Gasteiger partial charge in [0.15, 0.2) is 0 Å². The second-order valence-electron chi connectivity index (χ2n) is 3.69. The van der Waals surface area contributed by atoms with Crippen LogP contribution in [0.4, 0.5) is 5.69 Å². The van der Waals surface area contributed by atoms with E-state index in [9.17, 15) is 0 Å². The molecule has 2 rings (SSSR count). The molecule has 0 aliphatic rings. The lowest BCUT2D eigenvalue weighted by Crippen LogP contribution is -2.18. The molecule has 0 aliphatic carbocycles. The molecule has 84 valence electrons. The molecule has 0 aliphatic heterocycles. The van der Waals surface area contributed by atoms with Crippen molar-refractivity contribution in [2.24, 2.45) is 0 Å². The molecule has 0 fully saturated rings. The molecule has 1 atom stereocenters. The summed E-state index contributed by atoms with van der Waals surface area (Å²) in [6.45, 7) is 2.93. The van der Waals surface area contributed by atoms with E-state index in [0.29, 0.717) is 0 Å². The van der Waals surface area contributed by atoms with Crippen LogP contribution in [0.15, 0.2) is 36.0 Å². The number of pyridine rings is 1. The van der Waals surface area contributed by atoms with Gasteiger partial charge in [-0.2, -0.15) is 0 Å². The van der Waals surface area contributed by atoms with Gasteiger partial charge in [0.05, 0.1) is 0 Å². The molecular formula is C12H15N3S. The standard InChI is InChI=1S/C12H15N3S/c1-9(10-3-2-5-14-7-10)15-8-12-11(13)4-6-16-12/h2-7,9,15H,8,13H2,1H3. The maximum absolute atomic E-state index is 5.82. The van der Waals surface area contributed by atoms with E-state index in [1.807, 2.05) is 23.7 Å². The van der Waals surface area contributed by atoms with E-state index >= 15 is 0 Å². The van der Waals surface area contributed by atoms with Crippen LogP contribution in [0.25, 0.3) is 0 Å². The predicted octanol–water partition coefficient (Wildman–Crippen LogP) is 2.58. The molecule has 0 saturated carbocycles. The molecule has 2 heterocycles. The second-order valence-corrected chi connectivity index (χ2v) is 4.69. The van der Waals surface area contributed by atoms with E-state index in [0.717, 1.165) is 12.2 Å². The average molecular weight is 233 g/mol. The highest BCUT2D eigenvalue weighted by molar-refractivity contribution is 7.10. The van der Waals surface area contributed by atoms with Crippen LogP contribution in [0.5, 0.6) is 0 Å². The minimum atomic E-state index is 0.287. The van der Waals surface area contributed by atoms with Crippen molar-refractivity contribution in [1.29, 1.82) is 0 Å². The summed E-state index contributed by atoms with van der Waals surface area (Å²) in [5, 5.41) is 5.45. The molecular weight excluding hydrogens is 218 g/mol. The highest BCUT2D eigenvalue weighted by atomic mass is 32.1. The van der Waals surface area contributed by atoms with Gasteiger partial charge < -0.3 is 11.1 Å². The Kier molecular flexibility index (Phi) is 3.54. The number of thiophene rings is 1. The molecule has 0 bridgehead atoms. The predicted molar refractivity (Wildman–Crippen MR) is 68.2 cm³/mol. The Morgan fingerprint density at radius 1 is 1.50 bits per heavy atom. The van der Waals surface area contributed by atoms with Crippen molar-refractivity contribution < 1.29 is 0 Å². The zero-order chi connectivity index (χ0) is 11.4. The number of nitrogen functional groups attached to an aromatic ring is 1. The number of nitrogens with zero attached hydrogens (tertiary/aromatic N) is 1. The van der Waals surface area contributed by atoms with Gasteiger partial charge in [-0.25, -0.2) is 0 Å². The molecule has 2 aromatic heterocycles. The Hall–Kier alpha value is -1.39. The first kappa shape index (κ1) is 11.1. The van der Waals surface area contributed by atoms with Crippen LogP contribution in [0.1, 0.15) is 23.4 Å². The van der Waals surface area contributed by atoms with Crippen molar-refractivity contribution >= 4 is 17.0 Å². The lowest BCUT2D eigenvalue weighted by Gasteiger charge is -2.13. The SMILES string of the molecule is CC(NCc1sccc1N)c1cccnc1. The van der Waals surface area contributed by atoms with E-state index in [1.165, 1.54) is 10.4 Å². The van der Waals surface area contributed by atoms with Crippen LogP contribution in [0.2, 0.25) is 0 Å². The molecule has 3 N–H and O–H groups in total. The highest BCUT2D eigenvalue weighted by Crippen LogP contribution is 2.20. The quantitative estimate of drug-likeness (QED) is 0.853. The van der Waals surface area contributed by atoms with Crippen LogP contribution >= 0.6 is 11.3 Å². The first-order valence-electron chi connectivity index (χ1n) is 5.22. The summed E-state index contributed by atoms with van der Waals surface area (Å²) in [6, 6.07) is 6.25. The maximum Gasteiger partial charge on any atom is 0.0468 e. The first-order valence-corrected chi connectivity index (χ1v) is 6.10. The van der Waals surface area contributed by atoms with Gasteiger partial charge in [-0.1, -0.05) is 6.07 Å². The fourth-order valence-corrected chi connectivity index (χ4v) is 2.24. The first-order chi connectivity index (χ1) is 7.77. The highest BCUT2D eigenvalue weighted by Gasteiger charge is 2.06. The van der Waals surface area contributed by atoms with Gasteiger partial charge in [0.25, 0.3) is 0 Å². The summed E-state index contributed by atoms with van der Waals surface area (Å²) in [4.78, 5) is 5.30. The van der Waals surface area contributed by atoms with Gasteiger partial charge in [-0.3, -0.25) is 4.98 Å². The van der Waals surface area contributed by atoms with Crippen molar-refractivity contribution in [3.8, 4) is 0 Å². The topological polar surface area (TPSA) is 50.9 Å². The third-order valence-corrected chi connectivity index (χ3v) is 3.47. The normalized spacial score (nSPS) is 12.6. The van der Waals surface area contributed by atoms with Crippen LogP contribution in [0.3, 0.4) is 0 Å². The lowest BCUT2D eigenvalue weighted by atomic mass is 10.1. The lowest BCUT2D eigenvalue weighted by molar-refractivity contribution is 0.578. The summed E-state index contributed by atoms with van der Waals surface area (Å²) in [7, 11) is 0. The van der Waals surface area contributed by atoms with Crippen molar-refractivity contribution in [3.05, 3.63) is 46.4 Å². The molecule has 0 amide bonds. The fraction of sp³-hybridized carbons (Fsp3) is 0.250. The van der Waals surface area contributed by atoms with E-state index in [4.69, 9.17) is 5.73 Å². The average Bonchev–Trinajstić information content (AvgIpc) is 2.73. The zero-order valence-electron chi connectivity index (χ0n) is 9.18. The Morgan fingerprint density at radius 2 is 2.38 bits per heavy atom.